The Kier molecular flexibility index (Phi) is 5.40. The lowest BCUT2D eigenvalue weighted by molar-refractivity contribution is 0.246. The third-order valence-corrected chi connectivity index (χ3v) is 2.72. The van der Waals surface area contributed by atoms with Crippen LogP contribution in [0.4, 0.5) is 28.0 Å². The predicted octanol–water partition coefficient (Wildman–Crippen LogP) is 3.44. The summed E-state index contributed by atoms with van der Waals surface area (Å²) in [7, 11) is 0. The molecule has 0 aliphatic rings. The van der Waals surface area contributed by atoms with Crippen molar-refractivity contribution in [2.45, 2.75) is 0 Å². The van der Waals surface area contributed by atoms with Gasteiger partial charge in [-0.2, -0.15) is 0 Å². The zero-order valence-corrected chi connectivity index (χ0v) is 11.7. The van der Waals surface area contributed by atoms with Crippen molar-refractivity contribution in [3.8, 4) is 5.75 Å². The monoisotopic (exact) mass is 328 g/mol. The molecule has 0 aliphatic carbocycles. The van der Waals surface area contributed by atoms with Gasteiger partial charge in [-0.15, -0.1) is 0 Å². The number of amides is 2. The Balaban J connectivity index is 1.76. The van der Waals surface area contributed by atoms with Crippen LogP contribution in [0.3, 0.4) is 0 Å². The van der Waals surface area contributed by atoms with Gasteiger partial charge in [0.1, 0.15) is 24.1 Å². The number of carbonyl (C=O) groups is 1. The van der Waals surface area contributed by atoms with Crippen LogP contribution >= 0.6 is 0 Å². The largest absolute Gasteiger partial charge is 0.489 e. The van der Waals surface area contributed by atoms with E-state index in [-0.39, 0.29) is 24.6 Å². The number of benzene rings is 2. The molecule has 0 atom stereocenters. The lowest BCUT2D eigenvalue weighted by atomic mass is 10.3. The third kappa shape index (κ3) is 4.87. The fraction of sp³-hybridized carbons (Fsp3) is 0.133. The van der Waals surface area contributed by atoms with E-state index in [1.54, 1.807) is 0 Å². The number of anilines is 1. The van der Waals surface area contributed by atoms with E-state index in [0.717, 1.165) is 24.3 Å². The lowest BCUT2D eigenvalue weighted by Gasteiger charge is -2.10. The average molecular weight is 328 g/mol. The maximum atomic E-state index is 13.3. The maximum absolute atomic E-state index is 13.3. The summed E-state index contributed by atoms with van der Waals surface area (Å²) >= 11 is 0. The molecule has 0 heterocycles. The number of hydrogen-bond donors (Lipinski definition) is 2. The minimum Gasteiger partial charge on any atom is -0.489 e. The van der Waals surface area contributed by atoms with Gasteiger partial charge in [0.2, 0.25) is 0 Å². The van der Waals surface area contributed by atoms with Gasteiger partial charge in [-0.05, 0) is 24.3 Å². The van der Waals surface area contributed by atoms with Crippen molar-refractivity contribution < 1.29 is 27.1 Å². The Morgan fingerprint density at radius 3 is 2.26 bits per heavy atom. The van der Waals surface area contributed by atoms with Gasteiger partial charge in [-0.1, -0.05) is 0 Å². The predicted molar refractivity (Wildman–Crippen MR) is 75.2 cm³/mol. The number of carbonyl (C=O) groups excluding carboxylic acids is 1. The molecule has 2 N–H and O–H groups in total. The van der Waals surface area contributed by atoms with Crippen molar-refractivity contribution >= 4 is 11.7 Å². The number of ether oxygens (including phenoxy) is 1. The highest BCUT2D eigenvalue weighted by atomic mass is 19.1. The zero-order chi connectivity index (χ0) is 16.8. The second-order valence-electron chi connectivity index (χ2n) is 4.43. The normalized spacial score (nSPS) is 10.3. The molecule has 0 unspecified atom stereocenters. The molecule has 0 radical (unpaired) electrons. The molecule has 2 rings (SSSR count). The Labute approximate surface area is 129 Å². The minimum absolute atomic E-state index is 0.00847. The molecule has 122 valence electrons. The Morgan fingerprint density at radius 1 is 0.957 bits per heavy atom. The van der Waals surface area contributed by atoms with Gasteiger partial charge in [0.15, 0.2) is 11.6 Å². The molecule has 2 aromatic rings. The van der Waals surface area contributed by atoms with Crippen molar-refractivity contribution in [3.63, 3.8) is 0 Å². The van der Waals surface area contributed by atoms with Crippen molar-refractivity contribution in [2.75, 3.05) is 18.5 Å². The smallest absolute Gasteiger partial charge is 0.319 e. The highest BCUT2D eigenvalue weighted by Gasteiger charge is 2.08. The Bertz CT molecular complexity index is 710. The summed E-state index contributed by atoms with van der Waals surface area (Å²) in [5.41, 5.74) is -0.186. The summed E-state index contributed by atoms with van der Waals surface area (Å²) in [6.45, 7) is -0.0899. The molecule has 2 amide bonds. The van der Waals surface area contributed by atoms with E-state index in [9.17, 15) is 22.4 Å². The first-order valence-corrected chi connectivity index (χ1v) is 6.53. The lowest BCUT2D eigenvalue weighted by Crippen LogP contribution is -2.32. The van der Waals surface area contributed by atoms with Gasteiger partial charge in [-0.25, -0.2) is 22.4 Å². The fourth-order valence-corrected chi connectivity index (χ4v) is 1.68. The van der Waals surface area contributed by atoms with Crippen LogP contribution in [0.25, 0.3) is 0 Å². The first-order valence-electron chi connectivity index (χ1n) is 6.53. The van der Waals surface area contributed by atoms with E-state index in [4.69, 9.17) is 4.74 Å². The van der Waals surface area contributed by atoms with E-state index in [1.807, 2.05) is 0 Å². The number of halogens is 4. The van der Waals surface area contributed by atoms with Gasteiger partial charge in [0.25, 0.3) is 0 Å². The summed E-state index contributed by atoms with van der Waals surface area (Å²) in [6.07, 6.45) is 0. The summed E-state index contributed by atoms with van der Waals surface area (Å²) in [4.78, 5) is 11.5. The molecular weight excluding hydrogens is 316 g/mol. The number of urea groups is 1. The second kappa shape index (κ2) is 7.48. The Morgan fingerprint density at radius 2 is 1.61 bits per heavy atom. The summed E-state index contributed by atoms with van der Waals surface area (Å²) in [5, 5.41) is 4.53. The minimum atomic E-state index is -0.912. The quantitative estimate of drug-likeness (QED) is 0.652. The fourth-order valence-electron chi connectivity index (χ4n) is 1.68. The summed E-state index contributed by atoms with van der Waals surface area (Å²) in [6, 6.07) is 4.81. The van der Waals surface area contributed by atoms with Gasteiger partial charge < -0.3 is 15.4 Å². The molecule has 0 aromatic heterocycles. The molecule has 0 saturated carbocycles. The number of hydrogen-bond acceptors (Lipinski definition) is 2. The zero-order valence-electron chi connectivity index (χ0n) is 11.7. The van der Waals surface area contributed by atoms with Crippen LogP contribution in [0.15, 0.2) is 36.4 Å². The average Bonchev–Trinajstić information content (AvgIpc) is 2.48. The topological polar surface area (TPSA) is 50.4 Å². The van der Waals surface area contributed by atoms with Crippen LogP contribution < -0.4 is 15.4 Å². The molecule has 8 heteroatoms. The Hall–Kier alpha value is -2.77. The van der Waals surface area contributed by atoms with Crippen LogP contribution in [-0.4, -0.2) is 19.2 Å². The van der Waals surface area contributed by atoms with Crippen LogP contribution in [0.2, 0.25) is 0 Å². The highest BCUT2D eigenvalue weighted by molar-refractivity contribution is 5.89. The van der Waals surface area contributed by atoms with E-state index >= 15 is 0 Å². The molecule has 0 bridgehead atoms. The van der Waals surface area contributed by atoms with Crippen LogP contribution in [0, 0.1) is 23.3 Å². The third-order valence-electron chi connectivity index (χ3n) is 2.72. The van der Waals surface area contributed by atoms with Gasteiger partial charge in [0, 0.05) is 12.1 Å². The molecule has 23 heavy (non-hydrogen) atoms. The molecule has 0 saturated heterocycles. The van der Waals surface area contributed by atoms with Gasteiger partial charge in [-0.3, -0.25) is 0 Å². The van der Waals surface area contributed by atoms with E-state index in [0.29, 0.717) is 12.1 Å². The SMILES string of the molecule is O=C(NCCOc1ccc(F)cc1F)Nc1ccc(F)cc1F. The highest BCUT2D eigenvalue weighted by Crippen LogP contribution is 2.17. The van der Waals surface area contributed by atoms with Crippen molar-refractivity contribution in [3.05, 3.63) is 59.7 Å². The van der Waals surface area contributed by atoms with Gasteiger partial charge in [0.05, 0.1) is 12.2 Å². The molecule has 4 nitrogen and oxygen atoms in total. The number of nitrogens with one attached hydrogen (secondary N) is 2. The van der Waals surface area contributed by atoms with Crippen molar-refractivity contribution in [1.82, 2.24) is 5.32 Å². The summed E-state index contributed by atoms with van der Waals surface area (Å²) in [5.74, 6) is -3.41. The summed E-state index contributed by atoms with van der Waals surface area (Å²) < 4.78 is 57.0. The second-order valence-corrected chi connectivity index (χ2v) is 4.43. The van der Waals surface area contributed by atoms with E-state index < -0.39 is 29.3 Å². The maximum Gasteiger partial charge on any atom is 0.319 e. The van der Waals surface area contributed by atoms with E-state index in [1.165, 1.54) is 0 Å². The molecular formula is C15H12F4N2O2. The van der Waals surface area contributed by atoms with E-state index in [2.05, 4.69) is 10.6 Å². The van der Waals surface area contributed by atoms with Crippen LogP contribution in [0.1, 0.15) is 0 Å². The first-order chi connectivity index (χ1) is 11.0. The van der Waals surface area contributed by atoms with Crippen molar-refractivity contribution in [1.29, 1.82) is 0 Å². The van der Waals surface area contributed by atoms with Crippen LogP contribution in [0.5, 0.6) is 5.75 Å². The molecule has 0 fully saturated rings. The van der Waals surface area contributed by atoms with Crippen molar-refractivity contribution in [2.24, 2.45) is 0 Å². The first kappa shape index (κ1) is 16.6. The molecule has 0 aliphatic heterocycles. The van der Waals surface area contributed by atoms with Crippen LogP contribution in [-0.2, 0) is 0 Å². The van der Waals surface area contributed by atoms with Gasteiger partial charge >= 0.3 is 6.03 Å². The molecule has 2 aromatic carbocycles. The molecule has 0 spiro atoms. The standard InChI is InChI=1S/C15H12F4N2O2/c16-9-1-3-13(11(18)7-9)21-15(22)20-5-6-23-14-4-2-10(17)8-12(14)19/h1-4,7-8H,5-6H2,(H2,20,21,22). The number of rotatable bonds is 5.